The lowest BCUT2D eigenvalue weighted by atomic mass is 9.73. The van der Waals surface area contributed by atoms with Gasteiger partial charge in [0.2, 0.25) is 16.0 Å². The Bertz CT molecular complexity index is 1300. The van der Waals surface area contributed by atoms with Crippen LogP contribution in [0.4, 0.5) is 9.52 Å². The van der Waals surface area contributed by atoms with Gasteiger partial charge in [-0.25, -0.2) is 18.9 Å². The molecule has 1 spiro atoms. The molecule has 2 fully saturated rings. The zero-order valence-electron chi connectivity index (χ0n) is 19.1. The summed E-state index contributed by atoms with van der Waals surface area (Å²) in [5.74, 6) is 0.253. The monoisotopic (exact) mass is 478 g/mol. The van der Waals surface area contributed by atoms with Crippen molar-refractivity contribution in [1.29, 1.82) is 0 Å². The Hall–Kier alpha value is -3.04. The molecule has 0 saturated carbocycles. The van der Waals surface area contributed by atoms with Crippen molar-refractivity contribution in [2.75, 3.05) is 38.2 Å². The molecule has 0 bridgehead atoms. The van der Waals surface area contributed by atoms with E-state index in [2.05, 4.69) is 15.2 Å². The van der Waals surface area contributed by atoms with E-state index in [1.807, 2.05) is 16.6 Å². The number of aromatic nitrogens is 4. The van der Waals surface area contributed by atoms with Gasteiger partial charge >= 0.3 is 0 Å². The first-order valence-electron chi connectivity index (χ1n) is 11.8. The maximum absolute atomic E-state index is 13.6. The van der Waals surface area contributed by atoms with E-state index < -0.39 is 0 Å². The highest BCUT2D eigenvalue weighted by Crippen LogP contribution is 2.41. The van der Waals surface area contributed by atoms with Crippen LogP contribution in [0.25, 0.3) is 27.5 Å². The highest BCUT2D eigenvalue weighted by atomic mass is 32.1. The van der Waals surface area contributed by atoms with Crippen molar-refractivity contribution >= 4 is 21.4 Å². The Labute approximate surface area is 201 Å². The van der Waals surface area contributed by atoms with E-state index in [9.17, 15) is 4.39 Å². The molecule has 0 radical (unpaired) electrons. The molecule has 2 aliphatic heterocycles. The Morgan fingerprint density at radius 2 is 1.91 bits per heavy atom. The van der Waals surface area contributed by atoms with Gasteiger partial charge in [-0.15, -0.1) is 5.10 Å². The van der Waals surface area contributed by atoms with E-state index in [4.69, 9.17) is 14.8 Å². The van der Waals surface area contributed by atoms with Crippen LogP contribution >= 0.6 is 11.3 Å². The third-order valence-corrected chi connectivity index (χ3v) is 8.15. The Morgan fingerprint density at radius 1 is 1.09 bits per heavy atom. The lowest BCUT2D eigenvalue weighted by Gasteiger charge is -2.44. The van der Waals surface area contributed by atoms with Gasteiger partial charge in [-0.3, -0.25) is 0 Å². The third kappa shape index (κ3) is 3.82. The molecule has 34 heavy (non-hydrogen) atoms. The second kappa shape index (κ2) is 8.63. The maximum Gasteiger partial charge on any atom is 0.215 e. The lowest BCUT2D eigenvalue weighted by molar-refractivity contribution is 0.161. The van der Waals surface area contributed by atoms with E-state index >= 15 is 0 Å². The number of imidazole rings is 1. The largest absolute Gasteiger partial charge is 0.481 e. The molecule has 1 N–H and O–H groups in total. The van der Waals surface area contributed by atoms with Crippen molar-refractivity contribution in [3.8, 4) is 28.4 Å². The number of hydrogen-bond acceptors (Lipinski definition) is 7. The average Bonchev–Trinajstić information content (AvgIpc) is 3.44. The van der Waals surface area contributed by atoms with Gasteiger partial charge in [-0.2, -0.15) is 0 Å². The van der Waals surface area contributed by atoms with Crippen LogP contribution in [0, 0.1) is 11.2 Å². The highest BCUT2D eigenvalue weighted by molar-refractivity contribution is 7.20. The third-order valence-electron chi connectivity index (χ3n) is 7.18. The maximum atomic E-state index is 13.6. The second-order valence-corrected chi connectivity index (χ2v) is 10.2. The molecule has 2 saturated heterocycles. The molecule has 0 atom stereocenters. The number of ether oxygens (including phenoxy) is 1. The predicted octanol–water partition coefficient (Wildman–Crippen LogP) is 4.64. The zero-order chi connectivity index (χ0) is 23.1. The Morgan fingerprint density at radius 3 is 2.65 bits per heavy atom. The first-order chi connectivity index (χ1) is 16.6. The molecule has 0 aliphatic carbocycles. The molecular weight excluding hydrogens is 451 g/mol. The van der Waals surface area contributed by atoms with Crippen LogP contribution in [0.3, 0.4) is 0 Å². The van der Waals surface area contributed by atoms with Crippen LogP contribution in [-0.2, 0) is 0 Å². The summed E-state index contributed by atoms with van der Waals surface area (Å²) in [6.45, 7) is 4.31. The van der Waals surface area contributed by atoms with Crippen LogP contribution < -0.4 is 15.0 Å². The fourth-order valence-electron chi connectivity index (χ4n) is 5.23. The van der Waals surface area contributed by atoms with Crippen molar-refractivity contribution in [2.24, 2.45) is 5.41 Å². The molecule has 6 rings (SSSR count). The van der Waals surface area contributed by atoms with Gasteiger partial charge in [0.05, 0.1) is 7.11 Å². The number of anilines is 1. The summed E-state index contributed by atoms with van der Waals surface area (Å²) in [5, 5.41) is 9.60. The van der Waals surface area contributed by atoms with Crippen LogP contribution in [0.1, 0.15) is 25.7 Å². The smallest absolute Gasteiger partial charge is 0.215 e. The van der Waals surface area contributed by atoms with E-state index in [0.29, 0.717) is 11.3 Å². The summed E-state index contributed by atoms with van der Waals surface area (Å²) in [7, 11) is 1.60. The molecule has 176 valence electrons. The minimum absolute atomic E-state index is 0.270. The standard InChI is InChI=1S/C25H27FN6OS/c1-33-20-15-18(7-12-28-20)22-21(17-3-5-19(26)6-4-17)29-23-32(22)30-24(34-23)31-13-9-25(10-14-31)8-2-11-27-16-25/h3-7,12,15,27H,2,8-11,13-14,16H2,1H3. The van der Waals surface area contributed by atoms with Crippen LogP contribution in [0.2, 0.25) is 0 Å². The second-order valence-electron chi connectivity index (χ2n) is 9.25. The summed E-state index contributed by atoms with van der Waals surface area (Å²) in [4.78, 5) is 12.4. The van der Waals surface area contributed by atoms with E-state index in [0.717, 1.165) is 58.8 Å². The topological polar surface area (TPSA) is 67.6 Å². The van der Waals surface area contributed by atoms with Crippen molar-refractivity contribution in [3.05, 3.63) is 48.4 Å². The van der Waals surface area contributed by atoms with Crippen molar-refractivity contribution in [3.63, 3.8) is 0 Å². The van der Waals surface area contributed by atoms with Gasteiger partial charge < -0.3 is 15.0 Å². The Balaban J connectivity index is 1.38. The fourth-order valence-corrected chi connectivity index (χ4v) is 6.18. The van der Waals surface area contributed by atoms with E-state index in [1.54, 1.807) is 36.8 Å². The number of piperidine rings is 2. The summed E-state index contributed by atoms with van der Waals surface area (Å²) in [6.07, 6.45) is 6.70. The molecule has 0 amide bonds. The van der Waals surface area contributed by atoms with E-state index in [-0.39, 0.29) is 5.82 Å². The summed E-state index contributed by atoms with van der Waals surface area (Å²) in [5.41, 5.74) is 3.82. The Kier molecular flexibility index (Phi) is 5.45. The number of fused-ring (bicyclic) bond motifs is 1. The number of pyridine rings is 1. The van der Waals surface area contributed by atoms with Crippen molar-refractivity contribution < 1.29 is 9.13 Å². The minimum atomic E-state index is -0.270. The fraction of sp³-hybridized carbons (Fsp3) is 0.400. The number of methoxy groups -OCH3 is 1. The van der Waals surface area contributed by atoms with Crippen molar-refractivity contribution in [2.45, 2.75) is 25.7 Å². The van der Waals surface area contributed by atoms with Gasteiger partial charge in [-0.05, 0) is 68.0 Å². The van der Waals surface area contributed by atoms with Crippen LogP contribution in [0.5, 0.6) is 5.88 Å². The first kappa shape index (κ1) is 21.5. The van der Waals surface area contributed by atoms with Crippen molar-refractivity contribution in [1.82, 2.24) is 24.9 Å². The number of nitrogens with one attached hydrogen (secondary N) is 1. The van der Waals surface area contributed by atoms with E-state index in [1.165, 1.54) is 37.8 Å². The predicted molar refractivity (Wildman–Crippen MR) is 132 cm³/mol. The molecule has 0 unspecified atom stereocenters. The van der Waals surface area contributed by atoms with Gasteiger partial charge in [0.1, 0.15) is 17.2 Å². The van der Waals surface area contributed by atoms with Gasteiger partial charge in [-0.1, -0.05) is 11.3 Å². The number of nitrogens with zero attached hydrogens (tertiary/aromatic N) is 5. The van der Waals surface area contributed by atoms with Gasteiger partial charge in [0, 0.05) is 43.0 Å². The SMILES string of the molecule is COc1cc(-c2c(-c3ccc(F)cc3)nc3sc(N4CCC5(CCCNC5)CC4)nn23)ccn1. The van der Waals surface area contributed by atoms with Gasteiger partial charge in [0.15, 0.2) is 0 Å². The normalized spacial score (nSPS) is 18.0. The highest BCUT2D eigenvalue weighted by Gasteiger charge is 2.36. The average molecular weight is 479 g/mol. The molecule has 2 aliphatic rings. The summed E-state index contributed by atoms with van der Waals surface area (Å²) >= 11 is 1.61. The molecule has 9 heteroatoms. The number of hydrogen-bond donors (Lipinski definition) is 1. The molecule has 4 aromatic rings. The summed E-state index contributed by atoms with van der Waals surface area (Å²) in [6, 6.07) is 10.2. The molecular formula is C25H27FN6OS. The molecule has 3 aromatic heterocycles. The zero-order valence-corrected chi connectivity index (χ0v) is 19.9. The van der Waals surface area contributed by atoms with Crippen LogP contribution in [-0.4, -0.2) is 52.9 Å². The minimum Gasteiger partial charge on any atom is -0.481 e. The summed E-state index contributed by atoms with van der Waals surface area (Å²) < 4.78 is 20.9. The first-order valence-corrected chi connectivity index (χ1v) is 12.6. The number of rotatable bonds is 4. The quantitative estimate of drug-likeness (QED) is 0.461. The number of benzene rings is 1. The molecule has 1 aromatic carbocycles. The van der Waals surface area contributed by atoms with Gasteiger partial charge in [0.25, 0.3) is 0 Å². The number of halogens is 1. The van der Waals surface area contributed by atoms with Crippen LogP contribution in [0.15, 0.2) is 42.6 Å². The molecule has 5 heterocycles. The molecule has 7 nitrogen and oxygen atoms in total. The lowest BCUT2D eigenvalue weighted by Crippen LogP contribution is -2.48.